The van der Waals surface area contributed by atoms with Gasteiger partial charge in [0.2, 0.25) is 5.91 Å². The fraction of sp³-hybridized carbons (Fsp3) is 0.500. The molecule has 2 aliphatic heterocycles. The Balaban J connectivity index is 1.93. The van der Waals surface area contributed by atoms with Crippen LogP contribution in [0.5, 0.6) is 5.75 Å². The Morgan fingerprint density at radius 3 is 2.80 bits per heavy atom. The molecule has 108 valence electrons. The van der Waals surface area contributed by atoms with Crippen LogP contribution in [0.15, 0.2) is 18.2 Å². The SMILES string of the molecule is CN1C(=O)C(N)COc2ccc(N3CCOCC3)cc21. The lowest BCUT2D eigenvalue weighted by atomic mass is 10.2. The highest BCUT2D eigenvalue weighted by molar-refractivity contribution is 5.99. The van der Waals surface area contributed by atoms with Gasteiger partial charge in [-0.2, -0.15) is 0 Å². The van der Waals surface area contributed by atoms with E-state index in [2.05, 4.69) is 4.90 Å². The summed E-state index contributed by atoms with van der Waals surface area (Å²) >= 11 is 0. The number of nitrogens with two attached hydrogens (primary N) is 1. The van der Waals surface area contributed by atoms with Crippen molar-refractivity contribution in [3.8, 4) is 5.75 Å². The van der Waals surface area contributed by atoms with Gasteiger partial charge >= 0.3 is 0 Å². The number of hydrogen-bond acceptors (Lipinski definition) is 5. The van der Waals surface area contributed by atoms with Crippen LogP contribution in [-0.2, 0) is 9.53 Å². The van der Waals surface area contributed by atoms with Crippen LogP contribution >= 0.6 is 0 Å². The Bertz CT molecular complexity index is 514. The molecule has 0 aliphatic carbocycles. The highest BCUT2D eigenvalue weighted by atomic mass is 16.5. The molecule has 20 heavy (non-hydrogen) atoms. The molecule has 0 aromatic heterocycles. The van der Waals surface area contributed by atoms with Crippen LogP contribution in [0.25, 0.3) is 0 Å². The highest BCUT2D eigenvalue weighted by Gasteiger charge is 2.27. The quantitative estimate of drug-likeness (QED) is 0.794. The van der Waals surface area contributed by atoms with Crippen LogP contribution in [0.1, 0.15) is 0 Å². The number of rotatable bonds is 1. The number of fused-ring (bicyclic) bond motifs is 1. The Morgan fingerprint density at radius 1 is 1.30 bits per heavy atom. The second kappa shape index (κ2) is 5.30. The molecule has 1 atom stereocenters. The molecule has 6 heteroatoms. The number of hydrogen-bond donors (Lipinski definition) is 1. The predicted octanol–water partition coefficient (Wildman–Crippen LogP) is 0.206. The zero-order valence-corrected chi connectivity index (χ0v) is 11.5. The Morgan fingerprint density at radius 2 is 2.05 bits per heavy atom. The van der Waals surface area contributed by atoms with Crippen molar-refractivity contribution in [2.24, 2.45) is 5.73 Å². The van der Waals surface area contributed by atoms with Crippen molar-refractivity contribution in [1.82, 2.24) is 0 Å². The van der Waals surface area contributed by atoms with Crippen molar-refractivity contribution in [2.75, 3.05) is 49.8 Å². The molecule has 0 spiro atoms. The lowest BCUT2D eigenvalue weighted by Crippen LogP contribution is -2.43. The minimum atomic E-state index is -0.612. The van der Waals surface area contributed by atoms with Gasteiger partial charge in [-0.15, -0.1) is 0 Å². The summed E-state index contributed by atoms with van der Waals surface area (Å²) in [5.74, 6) is 0.577. The normalized spacial score (nSPS) is 23.1. The first kappa shape index (κ1) is 13.2. The highest BCUT2D eigenvalue weighted by Crippen LogP contribution is 2.34. The maximum Gasteiger partial charge on any atom is 0.247 e. The van der Waals surface area contributed by atoms with Gasteiger partial charge in [-0.25, -0.2) is 0 Å². The molecule has 0 radical (unpaired) electrons. The maximum absolute atomic E-state index is 12.1. The topological polar surface area (TPSA) is 68.0 Å². The number of anilines is 2. The lowest BCUT2D eigenvalue weighted by molar-refractivity contribution is -0.119. The summed E-state index contributed by atoms with van der Waals surface area (Å²) in [6, 6.07) is 5.29. The summed E-state index contributed by atoms with van der Waals surface area (Å²) in [6.45, 7) is 3.39. The number of carbonyl (C=O) groups excluding carboxylic acids is 1. The van der Waals surface area contributed by atoms with Crippen LogP contribution in [-0.4, -0.2) is 51.9 Å². The van der Waals surface area contributed by atoms with E-state index < -0.39 is 6.04 Å². The summed E-state index contributed by atoms with van der Waals surface area (Å²) in [7, 11) is 1.73. The molecule has 2 heterocycles. The molecule has 1 aromatic carbocycles. The summed E-state index contributed by atoms with van der Waals surface area (Å²) in [4.78, 5) is 15.9. The average molecular weight is 277 g/mol. The van der Waals surface area contributed by atoms with Crippen LogP contribution < -0.4 is 20.3 Å². The third kappa shape index (κ3) is 2.32. The molecule has 0 saturated carbocycles. The predicted molar refractivity (Wildman–Crippen MR) is 76.4 cm³/mol. The van der Waals surface area contributed by atoms with Gasteiger partial charge in [0.05, 0.1) is 18.9 Å². The summed E-state index contributed by atoms with van der Waals surface area (Å²) in [5.41, 5.74) is 7.63. The maximum atomic E-state index is 12.1. The smallest absolute Gasteiger partial charge is 0.247 e. The van der Waals surface area contributed by atoms with Crippen LogP contribution in [0, 0.1) is 0 Å². The van der Waals surface area contributed by atoms with Crippen LogP contribution in [0.2, 0.25) is 0 Å². The minimum absolute atomic E-state index is 0.122. The summed E-state index contributed by atoms with van der Waals surface area (Å²) < 4.78 is 11.0. The molecule has 2 N–H and O–H groups in total. The third-order valence-electron chi connectivity index (χ3n) is 3.75. The van der Waals surface area contributed by atoms with Crippen LogP contribution in [0.4, 0.5) is 11.4 Å². The number of amides is 1. The van der Waals surface area contributed by atoms with Crippen molar-refractivity contribution < 1.29 is 14.3 Å². The number of benzene rings is 1. The van der Waals surface area contributed by atoms with Gasteiger partial charge in [-0.3, -0.25) is 4.79 Å². The number of ether oxygens (including phenoxy) is 2. The molecule has 3 rings (SSSR count). The lowest BCUT2D eigenvalue weighted by Gasteiger charge is -2.30. The Labute approximate surface area is 118 Å². The first-order chi connectivity index (χ1) is 9.66. The number of likely N-dealkylation sites (N-methyl/N-ethyl adjacent to an activating group) is 1. The minimum Gasteiger partial charge on any atom is -0.489 e. The van der Waals surface area contributed by atoms with Gasteiger partial charge in [-0.05, 0) is 18.2 Å². The van der Waals surface area contributed by atoms with E-state index in [-0.39, 0.29) is 12.5 Å². The van der Waals surface area contributed by atoms with E-state index in [1.54, 1.807) is 11.9 Å². The van der Waals surface area contributed by atoms with Crippen molar-refractivity contribution in [1.29, 1.82) is 0 Å². The second-order valence-electron chi connectivity index (χ2n) is 5.07. The number of morpholine rings is 1. The van der Waals surface area contributed by atoms with Gasteiger partial charge in [0.15, 0.2) is 0 Å². The van der Waals surface area contributed by atoms with E-state index in [1.807, 2.05) is 18.2 Å². The monoisotopic (exact) mass is 277 g/mol. The van der Waals surface area contributed by atoms with Crippen molar-refractivity contribution >= 4 is 17.3 Å². The van der Waals surface area contributed by atoms with Crippen molar-refractivity contribution in [2.45, 2.75) is 6.04 Å². The van der Waals surface area contributed by atoms with Crippen molar-refractivity contribution in [3.05, 3.63) is 18.2 Å². The van der Waals surface area contributed by atoms with Gasteiger partial charge in [0.1, 0.15) is 18.4 Å². The van der Waals surface area contributed by atoms with Gasteiger partial charge in [0, 0.05) is 25.8 Å². The molecule has 2 aliphatic rings. The first-order valence-corrected chi connectivity index (χ1v) is 6.79. The molecule has 1 aromatic rings. The van der Waals surface area contributed by atoms with Gasteiger partial charge in [0.25, 0.3) is 0 Å². The largest absolute Gasteiger partial charge is 0.489 e. The molecule has 1 fully saturated rings. The van der Waals surface area contributed by atoms with Gasteiger partial charge in [-0.1, -0.05) is 0 Å². The first-order valence-electron chi connectivity index (χ1n) is 6.79. The molecular weight excluding hydrogens is 258 g/mol. The average Bonchev–Trinajstić information content (AvgIpc) is 2.61. The molecule has 6 nitrogen and oxygen atoms in total. The standard InChI is InChI=1S/C14H19N3O3/c1-16-12-8-10(17-4-6-19-7-5-17)2-3-13(12)20-9-11(15)14(16)18/h2-3,8,11H,4-7,9,15H2,1H3. The summed E-state index contributed by atoms with van der Waals surface area (Å²) in [6.07, 6.45) is 0. The molecule has 1 unspecified atom stereocenters. The van der Waals surface area contributed by atoms with E-state index in [0.717, 1.165) is 37.7 Å². The molecule has 1 saturated heterocycles. The van der Waals surface area contributed by atoms with Gasteiger partial charge < -0.3 is 25.0 Å². The van der Waals surface area contributed by atoms with E-state index in [4.69, 9.17) is 15.2 Å². The van der Waals surface area contributed by atoms with E-state index in [1.165, 1.54) is 0 Å². The molecule has 1 amide bonds. The van der Waals surface area contributed by atoms with Crippen molar-refractivity contribution in [3.63, 3.8) is 0 Å². The fourth-order valence-corrected chi connectivity index (χ4v) is 2.53. The Hall–Kier alpha value is -1.79. The van der Waals surface area contributed by atoms with Crippen LogP contribution in [0.3, 0.4) is 0 Å². The second-order valence-corrected chi connectivity index (χ2v) is 5.07. The van der Waals surface area contributed by atoms with E-state index in [0.29, 0.717) is 5.75 Å². The van der Waals surface area contributed by atoms with E-state index >= 15 is 0 Å². The molecule has 0 bridgehead atoms. The summed E-state index contributed by atoms with van der Waals surface area (Å²) in [5, 5.41) is 0. The number of carbonyl (C=O) groups is 1. The Kier molecular flexibility index (Phi) is 3.50. The fourth-order valence-electron chi connectivity index (χ4n) is 2.53. The molecular formula is C14H19N3O3. The zero-order chi connectivity index (χ0) is 14.1. The number of nitrogens with zero attached hydrogens (tertiary/aromatic N) is 2. The zero-order valence-electron chi connectivity index (χ0n) is 11.5. The third-order valence-corrected chi connectivity index (χ3v) is 3.75. The van der Waals surface area contributed by atoms with E-state index in [9.17, 15) is 4.79 Å².